The van der Waals surface area contributed by atoms with Crippen LogP contribution in [0.1, 0.15) is 40.5 Å². The molecule has 0 aromatic heterocycles. The molecule has 2 N–H and O–H groups in total. The average molecular weight is 358 g/mol. The topological polar surface area (TPSA) is 136 Å². The molecule has 0 atom stereocenters. The second-order valence-electron chi connectivity index (χ2n) is 3.66. The molecule has 0 bridgehead atoms. The second kappa shape index (κ2) is 21.4. The van der Waals surface area contributed by atoms with Gasteiger partial charge in [0.05, 0.1) is 22.8 Å². The maximum atomic E-state index is 9.63. The third kappa shape index (κ3) is 20.4. The Morgan fingerprint density at radius 2 is 1.27 bits per heavy atom. The van der Waals surface area contributed by atoms with Gasteiger partial charge in [-0.1, -0.05) is 22.8 Å². The van der Waals surface area contributed by atoms with E-state index in [0.29, 0.717) is 0 Å². The zero-order chi connectivity index (χ0) is 17.3. The van der Waals surface area contributed by atoms with E-state index in [-0.39, 0.29) is 39.6 Å². The van der Waals surface area contributed by atoms with Gasteiger partial charge in [-0.2, -0.15) is 6.42 Å². The van der Waals surface area contributed by atoms with E-state index in [0.717, 1.165) is 12.8 Å². The molecule has 0 aromatic carbocycles. The minimum atomic E-state index is 0. The summed E-state index contributed by atoms with van der Waals surface area (Å²) in [6.07, 6.45) is 3.89. The van der Waals surface area contributed by atoms with Gasteiger partial charge in [0.15, 0.2) is 0 Å². The van der Waals surface area contributed by atoms with Gasteiger partial charge in [-0.15, -0.1) is 6.58 Å². The summed E-state index contributed by atoms with van der Waals surface area (Å²) in [5, 5.41) is 45.8. The Balaban J connectivity index is -0.000000111. The molecular weight excluding hydrogens is 335 g/mol. The van der Waals surface area contributed by atoms with Crippen LogP contribution in [0.15, 0.2) is 33.3 Å². The third-order valence-electron chi connectivity index (χ3n) is 2.03. The minimum Gasteiger partial charge on any atom is -0.792 e. The Morgan fingerprint density at radius 1 is 0.955 bits per heavy atom. The Morgan fingerprint density at radius 3 is 1.32 bits per heavy atom. The van der Waals surface area contributed by atoms with Gasteiger partial charge in [-0.05, 0) is 27.7 Å². The van der Waals surface area contributed by atoms with Gasteiger partial charge >= 0.3 is 0 Å². The SMILES string of the molecule is C=CCC[CH2-].CC(=N\[O-])/C(C)=N/O.CC(=N\[O-])/C(C)=N/O.[Co]. The first-order valence-corrected chi connectivity index (χ1v) is 5.98. The first kappa shape index (κ1) is 28.3. The van der Waals surface area contributed by atoms with Gasteiger partial charge in [-0.3, -0.25) is 0 Å². The summed E-state index contributed by atoms with van der Waals surface area (Å²) < 4.78 is 0. The second-order valence-corrected chi connectivity index (χ2v) is 3.66. The van der Waals surface area contributed by atoms with Gasteiger partial charge in [0, 0.05) is 16.8 Å². The fourth-order valence-electron chi connectivity index (χ4n) is 0.421. The van der Waals surface area contributed by atoms with Crippen LogP contribution < -0.4 is 0 Å². The molecule has 0 saturated carbocycles. The van der Waals surface area contributed by atoms with E-state index in [1.165, 1.54) is 27.7 Å². The molecule has 22 heavy (non-hydrogen) atoms. The Labute approximate surface area is 141 Å². The quantitative estimate of drug-likeness (QED) is 0.262. The van der Waals surface area contributed by atoms with Gasteiger partial charge in [0.1, 0.15) is 0 Å². The van der Waals surface area contributed by atoms with E-state index < -0.39 is 0 Å². The van der Waals surface area contributed by atoms with Crippen molar-refractivity contribution in [2.24, 2.45) is 20.6 Å². The smallest absolute Gasteiger partial charge is 0.0967 e. The van der Waals surface area contributed by atoms with Crippen molar-refractivity contribution < 1.29 is 27.2 Å². The molecule has 0 aliphatic carbocycles. The summed E-state index contributed by atoms with van der Waals surface area (Å²) in [7, 11) is 0. The van der Waals surface area contributed by atoms with Crippen LogP contribution in [0.5, 0.6) is 0 Å². The van der Waals surface area contributed by atoms with Crippen LogP contribution in [-0.4, -0.2) is 33.3 Å². The number of allylic oxidation sites excluding steroid dienone is 1. The first-order valence-electron chi connectivity index (χ1n) is 5.98. The summed E-state index contributed by atoms with van der Waals surface area (Å²) in [4.78, 5) is 0. The van der Waals surface area contributed by atoms with Crippen molar-refractivity contribution in [3.8, 4) is 0 Å². The summed E-state index contributed by atoms with van der Waals surface area (Å²) in [5.41, 5.74) is 0.903. The summed E-state index contributed by atoms with van der Waals surface area (Å²) >= 11 is 0. The molecule has 0 spiro atoms. The van der Waals surface area contributed by atoms with Gasteiger partial charge in [0.2, 0.25) is 0 Å². The van der Waals surface area contributed by atoms with Crippen LogP contribution in [0.25, 0.3) is 0 Å². The van der Waals surface area contributed by atoms with Crippen molar-refractivity contribution in [1.82, 2.24) is 0 Å². The maximum Gasteiger partial charge on any atom is 0.0967 e. The molecule has 0 fully saturated rings. The van der Waals surface area contributed by atoms with E-state index in [9.17, 15) is 10.4 Å². The van der Waals surface area contributed by atoms with Gasteiger partial charge in [-0.25, -0.2) is 0 Å². The molecule has 131 valence electrons. The molecule has 0 unspecified atom stereocenters. The Bertz CT molecular complexity index is 330. The van der Waals surface area contributed by atoms with Crippen molar-refractivity contribution in [3.63, 3.8) is 0 Å². The predicted molar refractivity (Wildman–Crippen MR) is 87.5 cm³/mol. The molecule has 8 nitrogen and oxygen atoms in total. The monoisotopic (exact) mass is 358 g/mol. The van der Waals surface area contributed by atoms with Gasteiger partial charge < -0.3 is 38.1 Å². The fraction of sp³-hybridized carbons (Fsp3) is 0.462. The van der Waals surface area contributed by atoms with Gasteiger partial charge in [0.25, 0.3) is 0 Å². The molecule has 0 heterocycles. The summed E-state index contributed by atoms with van der Waals surface area (Å²) in [5.74, 6) is 0. The minimum absolute atomic E-state index is 0. The van der Waals surface area contributed by atoms with E-state index >= 15 is 0 Å². The van der Waals surface area contributed by atoms with Crippen molar-refractivity contribution in [2.45, 2.75) is 40.5 Å². The third-order valence-corrected chi connectivity index (χ3v) is 2.03. The molecule has 0 amide bonds. The van der Waals surface area contributed by atoms with Crippen LogP contribution >= 0.6 is 0 Å². The predicted octanol–water partition coefficient (Wildman–Crippen LogP) is 3.37. The zero-order valence-electron chi connectivity index (χ0n) is 13.2. The van der Waals surface area contributed by atoms with Crippen LogP contribution in [0.4, 0.5) is 0 Å². The standard InChI is InChI=1S/C5H9.2C4H8N2O2.Co/c1-3-5-4-2;2*1-3(5-7)4(2)6-8;/h3H,1-2,4-5H2;2*7-8H,1-2H3;/q-1;;;/p-2/b;2*5-3+,6-4+;. The molecule has 0 aliphatic rings. The Kier molecular flexibility index (Phi) is 27.6. The Hall–Kier alpha value is -1.87. The van der Waals surface area contributed by atoms with Crippen LogP contribution in [0, 0.1) is 17.3 Å². The number of unbranched alkanes of at least 4 members (excludes halogenated alkanes) is 1. The average Bonchev–Trinajstić information content (AvgIpc) is 2.53. The molecule has 0 saturated heterocycles. The number of oxime groups is 2. The number of hydrogen-bond acceptors (Lipinski definition) is 8. The first-order chi connectivity index (χ1) is 9.85. The van der Waals surface area contributed by atoms with Crippen LogP contribution in [0.3, 0.4) is 0 Å². The molecule has 0 aliphatic heterocycles. The summed E-state index contributed by atoms with van der Waals surface area (Å²) in [6.45, 7) is 13.1. The van der Waals surface area contributed by atoms with Crippen molar-refractivity contribution in [1.29, 1.82) is 0 Å². The largest absolute Gasteiger partial charge is 0.792 e. The normalized spacial score (nSPS) is 12.0. The van der Waals surface area contributed by atoms with E-state index in [1.807, 2.05) is 6.08 Å². The van der Waals surface area contributed by atoms with Crippen LogP contribution in [-0.2, 0) is 16.8 Å². The number of hydrogen-bond donors (Lipinski definition) is 2. The van der Waals surface area contributed by atoms with Crippen molar-refractivity contribution >= 4 is 22.8 Å². The van der Waals surface area contributed by atoms with Crippen molar-refractivity contribution in [2.75, 3.05) is 0 Å². The molecule has 0 rings (SSSR count). The zero-order valence-corrected chi connectivity index (χ0v) is 14.3. The van der Waals surface area contributed by atoms with Crippen molar-refractivity contribution in [3.05, 3.63) is 30.0 Å². The molecule has 1 radical (unpaired) electrons. The van der Waals surface area contributed by atoms with Crippen LogP contribution in [0.2, 0.25) is 0 Å². The number of rotatable bonds is 4. The molecule has 9 heteroatoms. The molecular formula is C13H23CoN4O4-3. The number of nitrogens with zero attached hydrogens (tertiary/aromatic N) is 4. The van der Waals surface area contributed by atoms with E-state index in [2.05, 4.69) is 34.1 Å². The van der Waals surface area contributed by atoms with E-state index in [1.54, 1.807) is 0 Å². The fourth-order valence-corrected chi connectivity index (χ4v) is 0.421. The maximum absolute atomic E-state index is 9.63. The molecule has 0 aromatic rings. The summed E-state index contributed by atoms with van der Waals surface area (Å²) in [6, 6.07) is 0. The van der Waals surface area contributed by atoms with E-state index in [4.69, 9.17) is 10.4 Å².